The van der Waals surface area contributed by atoms with Crippen LogP contribution in [0.1, 0.15) is 26.3 Å². The maximum Gasteiger partial charge on any atom is 0.248 e. The summed E-state index contributed by atoms with van der Waals surface area (Å²) in [6, 6.07) is 5.03. The highest BCUT2D eigenvalue weighted by molar-refractivity contribution is 6.35. The number of nitrogens with one attached hydrogen (secondary N) is 1. The van der Waals surface area contributed by atoms with Gasteiger partial charge in [0.15, 0.2) is 0 Å². The van der Waals surface area contributed by atoms with E-state index in [1.165, 1.54) is 0 Å². The zero-order valence-electron chi connectivity index (χ0n) is 10.0. The third kappa shape index (κ3) is 5.39. The molecule has 94 valence electrons. The van der Waals surface area contributed by atoms with Gasteiger partial charge in [0.1, 0.15) is 0 Å². The van der Waals surface area contributed by atoms with Gasteiger partial charge >= 0.3 is 0 Å². The van der Waals surface area contributed by atoms with Crippen molar-refractivity contribution in [2.75, 3.05) is 0 Å². The van der Waals surface area contributed by atoms with E-state index in [0.29, 0.717) is 15.6 Å². The minimum absolute atomic E-state index is 0.159. The molecule has 0 fully saturated rings. The first kappa shape index (κ1) is 14.3. The number of hydroxylamine groups is 1. The van der Waals surface area contributed by atoms with Crippen molar-refractivity contribution in [3.63, 3.8) is 0 Å². The summed E-state index contributed by atoms with van der Waals surface area (Å²) < 4.78 is 0. The van der Waals surface area contributed by atoms with Crippen molar-refractivity contribution in [3.05, 3.63) is 33.8 Å². The van der Waals surface area contributed by atoms with E-state index in [0.717, 1.165) is 0 Å². The van der Waals surface area contributed by atoms with Crippen molar-refractivity contribution in [1.82, 2.24) is 5.48 Å². The predicted octanol–water partition coefficient (Wildman–Crippen LogP) is 3.38. The van der Waals surface area contributed by atoms with E-state index >= 15 is 0 Å². The Hall–Kier alpha value is -0.770. The Bertz CT molecular complexity index is 413. The van der Waals surface area contributed by atoms with Gasteiger partial charge in [0.2, 0.25) is 5.91 Å². The van der Waals surface area contributed by atoms with E-state index in [1.54, 1.807) is 18.2 Å². The van der Waals surface area contributed by atoms with Gasteiger partial charge in [-0.25, -0.2) is 5.48 Å². The maximum atomic E-state index is 11.6. The summed E-state index contributed by atoms with van der Waals surface area (Å²) in [5.41, 5.74) is 2.68. The van der Waals surface area contributed by atoms with Gasteiger partial charge in [-0.1, -0.05) is 29.3 Å². The third-order valence-electron chi connectivity index (χ3n) is 1.84. The van der Waals surface area contributed by atoms with Crippen LogP contribution >= 0.6 is 23.2 Å². The Morgan fingerprint density at radius 1 is 1.35 bits per heavy atom. The van der Waals surface area contributed by atoms with Crippen LogP contribution in [0.5, 0.6) is 0 Å². The van der Waals surface area contributed by atoms with Crippen LogP contribution in [-0.4, -0.2) is 11.5 Å². The number of carbonyl (C=O) groups excluding carboxylic acids is 1. The minimum atomic E-state index is -0.417. The summed E-state index contributed by atoms with van der Waals surface area (Å²) in [6.07, 6.45) is 0.159. The van der Waals surface area contributed by atoms with Crippen LogP contribution in [0.2, 0.25) is 10.0 Å². The van der Waals surface area contributed by atoms with Crippen LogP contribution < -0.4 is 5.48 Å². The Morgan fingerprint density at radius 2 is 2.00 bits per heavy atom. The smallest absolute Gasteiger partial charge is 0.248 e. The molecule has 1 aromatic rings. The van der Waals surface area contributed by atoms with E-state index in [-0.39, 0.29) is 12.3 Å². The second-order valence-electron chi connectivity index (χ2n) is 4.65. The topological polar surface area (TPSA) is 38.3 Å². The summed E-state index contributed by atoms with van der Waals surface area (Å²) in [5, 5.41) is 1.02. The van der Waals surface area contributed by atoms with Crippen molar-refractivity contribution in [1.29, 1.82) is 0 Å². The van der Waals surface area contributed by atoms with Crippen LogP contribution in [0.3, 0.4) is 0 Å². The molecule has 0 saturated carbocycles. The number of rotatable bonds is 3. The van der Waals surface area contributed by atoms with E-state index < -0.39 is 5.60 Å². The predicted molar refractivity (Wildman–Crippen MR) is 69.1 cm³/mol. The zero-order chi connectivity index (χ0) is 13.1. The van der Waals surface area contributed by atoms with E-state index in [2.05, 4.69) is 5.48 Å². The van der Waals surface area contributed by atoms with Crippen LogP contribution in [0.25, 0.3) is 0 Å². The first-order valence-electron chi connectivity index (χ1n) is 5.19. The number of amides is 1. The van der Waals surface area contributed by atoms with Crippen molar-refractivity contribution in [3.8, 4) is 0 Å². The SMILES string of the molecule is CC(C)(C)ONC(=O)Cc1ccc(Cl)cc1Cl. The third-order valence-corrected chi connectivity index (χ3v) is 2.42. The lowest BCUT2D eigenvalue weighted by molar-refractivity contribution is -0.144. The fraction of sp³-hybridized carbons (Fsp3) is 0.417. The van der Waals surface area contributed by atoms with Crippen LogP contribution in [-0.2, 0) is 16.1 Å². The molecule has 1 aromatic carbocycles. The molecule has 1 amide bonds. The van der Waals surface area contributed by atoms with Crippen molar-refractivity contribution < 1.29 is 9.63 Å². The Labute approximate surface area is 111 Å². The molecule has 0 spiro atoms. The number of hydrogen-bond donors (Lipinski definition) is 1. The summed E-state index contributed by atoms with van der Waals surface area (Å²) in [4.78, 5) is 16.7. The molecule has 1 N–H and O–H groups in total. The summed E-state index contributed by atoms with van der Waals surface area (Å²) in [6.45, 7) is 5.55. The monoisotopic (exact) mass is 275 g/mol. The second-order valence-corrected chi connectivity index (χ2v) is 5.50. The van der Waals surface area contributed by atoms with Crippen LogP contribution in [0.4, 0.5) is 0 Å². The fourth-order valence-electron chi connectivity index (χ4n) is 1.08. The van der Waals surface area contributed by atoms with Crippen molar-refractivity contribution in [2.24, 2.45) is 0 Å². The van der Waals surface area contributed by atoms with Gasteiger partial charge in [-0.15, -0.1) is 0 Å². The molecule has 0 heterocycles. The molecule has 0 aromatic heterocycles. The molecule has 5 heteroatoms. The van der Waals surface area contributed by atoms with Crippen LogP contribution in [0, 0.1) is 0 Å². The molecule has 0 bridgehead atoms. The Balaban J connectivity index is 2.57. The number of carbonyl (C=O) groups is 1. The standard InChI is InChI=1S/C12H15Cl2NO2/c1-12(2,3)17-15-11(16)6-8-4-5-9(13)7-10(8)14/h4-5,7H,6H2,1-3H3,(H,15,16). The number of benzene rings is 1. The van der Waals surface area contributed by atoms with Gasteiger partial charge in [-0.2, -0.15) is 0 Å². The zero-order valence-corrected chi connectivity index (χ0v) is 11.5. The first-order chi connectivity index (χ1) is 7.78. The first-order valence-corrected chi connectivity index (χ1v) is 5.94. The van der Waals surface area contributed by atoms with Gasteiger partial charge in [-0.3, -0.25) is 9.63 Å². The molecule has 0 atom stereocenters. The quantitative estimate of drug-likeness (QED) is 0.859. The molecule has 0 aliphatic carbocycles. The lowest BCUT2D eigenvalue weighted by Crippen LogP contribution is -2.34. The van der Waals surface area contributed by atoms with E-state index in [9.17, 15) is 4.79 Å². The molecule has 3 nitrogen and oxygen atoms in total. The van der Waals surface area contributed by atoms with Gasteiger partial charge < -0.3 is 0 Å². The molecule has 0 saturated heterocycles. The normalized spacial score (nSPS) is 11.4. The maximum absolute atomic E-state index is 11.6. The molecule has 0 aliphatic heterocycles. The highest BCUT2D eigenvalue weighted by Gasteiger charge is 2.14. The minimum Gasteiger partial charge on any atom is -0.272 e. The molecule has 0 unspecified atom stereocenters. The molecule has 1 rings (SSSR count). The number of halogens is 2. The van der Waals surface area contributed by atoms with Gasteiger partial charge in [0, 0.05) is 10.0 Å². The average Bonchev–Trinajstić information content (AvgIpc) is 2.18. The highest BCUT2D eigenvalue weighted by Crippen LogP contribution is 2.21. The summed E-state index contributed by atoms with van der Waals surface area (Å²) in [7, 11) is 0. The summed E-state index contributed by atoms with van der Waals surface area (Å²) >= 11 is 11.7. The number of hydrogen-bond acceptors (Lipinski definition) is 2. The van der Waals surface area contributed by atoms with Crippen molar-refractivity contribution >= 4 is 29.1 Å². The van der Waals surface area contributed by atoms with Gasteiger partial charge in [0.05, 0.1) is 12.0 Å². The van der Waals surface area contributed by atoms with E-state index in [1.807, 2.05) is 20.8 Å². The lowest BCUT2D eigenvalue weighted by Gasteiger charge is -2.19. The fourth-order valence-corrected chi connectivity index (χ4v) is 1.56. The van der Waals surface area contributed by atoms with Gasteiger partial charge in [-0.05, 0) is 38.5 Å². The van der Waals surface area contributed by atoms with E-state index in [4.69, 9.17) is 28.0 Å². The Morgan fingerprint density at radius 3 is 2.53 bits per heavy atom. The van der Waals surface area contributed by atoms with Gasteiger partial charge in [0.25, 0.3) is 0 Å². The molecular weight excluding hydrogens is 261 g/mol. The second kappa shape index (κ2) is 5.71. The molecular formula is C12H15Cl2NO2. The Kier molecular flexibility index (Phi) is 4.80. The average molecular weight is 276 g/mol. The summed E-state index contributed by atoms with van der Waals surface area (Å²) in [5.74, 6) is -0.246. The largest absolute Gasteiger partial charge is 0.272 e. The molecule has 0 aliphatic rings. The lowest BCUT2D eigenvalue weighted by atomic mass is 10.1. The highest BCUT2D eigenvalue weighted by atomic mass is 35.5. The molecule has 0 radical (unpaired) electrons. The van der Waals surface area contributed by atoms with Crippen molar-refractivity contribution in [2.45, 2.75) is 32.8 Å². The molecule has 17 heavy (non-hydrogen) atoms. The van der Waals surface area contributed by atoms with Crippen LogP contribution in [0.15, 0.2) is 18.2 Å².